The molecule has 0 bridgehead atoms. The van der Waals surface area contributed by atoms with Gasteiger partial charge in [-0.25, -0.2) is 0 Å². The monoisotopic (exact) mass is 350 g/mol. The Morgan fingerprint density at radius 2 is 1.78 bits per heavy atom. The van der Waals surface area contributed by atoms with Crippen molar-refractivity contribution < 1.29 is 9.53 Å². The van der Waals surface area contributed by atoms with Crippen LogP contribution in [-0.4, -0.2) is 25.8 Å². The summed E-state index contributed by atoms with van der Waals surface area (Å²) in [6.45, 7) is 2.98. The quantitative estimate of drug-likeness (QED) is 0.761. The lowest BCUT2D eigenvalue weighted by molar-refractivity contribution is -0.140. The third kappa shape index (κ3) is 3.38. The average molecular weight is 351 g/mol. The van der Waals surface area contributed by atoms with Gasteiger partial charge in [0.15, 0.2) is 0 Å². The molecular weight excluding hydrogens is 335 g/mol. The van der Waals surface area contributed by atoms with Crippen LogP contribution in [0.25, 0.3) is 0 Å². The molecule has 23 heavy (non-hydrogen) atoms. The van der Waals surface area contributed by atoms with E-state index in [-0.39, 0.29) is 5.97 Å². The van der Waals surface area contributed by atoms with Crippen LogP contribution in [0.15, 0.2) is 42.5 Å². The Balaban J connectivity index is 1.91. The molecule has 3 rings (SSSR count). The van der Waals surface area contributed by atoms with Crippen LogP contribution in [0.2, 0.25) is 10.0 Å². The normalized spacial score (nSPS) is 13.2. The van der Waals surface area contributed by atoms with E-state index in [9.17, 15) is 4.79 Å². The minimum atomic E-state index is -0.279. The van der Waals surface area contributed by atoms with Crippen molar-refractivity contribution in [2.75, 3.05) is 29.6 Å². The van der Waals surface area contributed by atoms with Gasteiger partial charge in [-0.3, -0.25) is 4.79 Å². The zero-order valence-electron chi connectivity index (χ0n) is 12.6. The first-order chi connectivity index (χ1) is 11.1. The molecule has 0 aliphatic carbocycles. The predicted octanol–water partition coefficient (Wildman–Crippen LogP) is 4.47. The number of anilines is 3. The first kappa shape index (κ1) is 16.0. The smallest absolute Gasteiger partial charge is 0.302 e. The molecule has 0 amide bonds. The number of carbonyl (C=O) groups excluding carboxylic acids is 1. The van der Waals surface area contributed by atoms with Gasteiger partial charge in [0.05, 0.1) is 34.6 Å². The number of benzene rings is 2. The lowest BCUT2D eigenvalue weighted by atomic mass is 10.2. The number of nitrogens with zero attached hydrogens (tertiary/aromatic N) is 2. The fourth-order valence-corrected chi connectivity index (χ4v) is 2.95. The average Bonchev–Trinajstić information content (AvgIpc) is 2.86. The number of rotatable bonds is 4. The fourth-order valence-electron chi connectivity index (χ4n) is 2.64. The summed E-state index contributed by atoms with van der Waals surface area (Å²) in [5, 5.41) is 1.03. The van der Waals surface area contributed by atoms with Gasteiger partial charge in [0, 0.05) is 12.6 Å². The lowest BCUT2D eigenvalue weighted by Crippen LogP contribution is -2.31. The number of ether oxygens (including phenoxy) is 1. The molecule has 1 aliphatic heterocycles. The Morgan fingerprint density at radius 1 is 1.13 bits per heavy atom. The van der Waals surface area contributed by atoms with E-state index in [0.29, 0.717) is 29.9 Å². The van der Waals surface area contributed by atoms with Gasteiger partial charge in [0.1, 0.15) is 6.61 Å². The Kier molecular flexibility index (Phi) is 4.64. The molecule has 1 heterocycles. The molecule has 0 radical (unpaired) electrons. The molecule has 2 aromatic rings. The molecule has 0 fully saturated rings. The van der Waals surface area contributed by atoms with E-state index in [4.69, 9.17) is 27.9 Å². The molecule has 6 heteroatoms. The maximum Gasteiger partial charge on any atom is 0.302 e. The van der Waals surface area contributed by atoms with Gasteiger partial charge < -0.3 is 14.5 Å². The van der Waals surface area contributed by atoms with E-state index in [1.165, 1.54) is 6.92 Å². The van der Waals surface area contributed by atoms with Crippen molar-refractivity contribution in [3.8, 4) is 0 Å². The van der Waals surface area contributed by atoms with Gasteiger partial charge in [0.2, 0.25) is 0 Å². The second-order valence-corrected chi connectivity index (χ2v) is 6.08. The van der Waals surface area contributed by atoms with Crippen molar-refractivity contribution >= 4 is 46.2 Å². The molecule has 0 atom stereocenters. The number of carbonyl (C=O) groups is 1. The van der Waals surface area contributed by atoms with Crippen molar-refractivity contribution in [2.45, 2.75) is 6.92 Å². The van der Waals surface area contributed by atoms with E-state index in [0.717, 1.165) is 17.1 Å². The molecule has 1 aliphatic rings. The highest BCUT2D eigenvalue weighted by molar-refractivity contribution is 6.42. The Bertz CT molecular complexity index is 722. The van der Waals surface area contributed by atoms with Crippen LogP contribution in [0, 0.1) is 0 Å². The number of hydrogen-bond donors (Lipinski definition) is 0. The Morgan fingerprint density at radius 3 is 2.43 bits per heavy atom. The summed E-state index contributed by atoms with van der Waals surface area (Å²) in [4.78, 5) is 15.2. The zero-order chi connectivity index (χ0) is 16.4. The standard InChI is InChI=1S/C17H16Cl2N2O2/c1-12(22)23-8-7-20-11-21(13-5-3-2-4-6-13)17-10-15(19)14(18)9-16(17)20/h2-6,9-10H,7-8,11H2,1H3. The predicted molar refractivity (Wildman–Crippen MR) is 93.9 cm³/mol. The minimum Gasteiger partial charge on any atom is -0.464 e. The van der Waals surface area contributed by atoms with Crippen LogP contribution in [0.3, 0.4) is 0 Å². The topological polar surface area (TPSA) is 32.8 Å². The van der Waals surface area contributed by atoms with E-state index in [2.05, 4.69) is 9.80 Å². The summed E-state index contributed by atoms with van der Waals surface area (Å²) in [5.74, 6) is -0.279. The molecule has 2 aromatic carbocycles. The third-order valence-corrected chi connectivity index (χ3v) is 4.42. The molecular formula is C17H16Cl2N2O2. The van der Waals surface area contributed by atoms with Gasteiger partial charge in [-0.2, -0.15) is 0 Å². The summed E-state index contributed by atoms with van der Waals surface area (Å²) in [6.07, 6.45) is 0. The maximum atomic E-state index is 11.0. The van der Waals surface area contributed by atoms with Crippen molar-refractivity contribution in [3.05, 3.63) is 52.5 Å². The second kappa shape index (κ2) is 6.69. The maximum absolute atomic E-state index is 11.0. The SMILES string of the molecule is CC(=O)OCCN1CN(c2ccccc2)c2cc(Cl)c(Cl)cc21. The fraction of sp³-hybridized carbons (Fsp3) is 0.235. The largest absolute Gasteiger partial charge is 0.464 e. The summed E-state index contributed by atoms with van der Waals surface area (Å²) in [7, 11) is 0. The molecule has 0 unspecified atom stereocenters. The third-order valence-electron chi connectivity index (χ3n) is 3.70. The van der Waals surface area contributed by atoms with Crippen LogP contribution < -0.4 is 9.80 Å². The van der Waals surface area contributed by atoms with Gasteiger partial charge >= 0.3 is 5.97 Å². The van der Waals surface area contributed by atoms with Gasteiger partial charge in [0.25, 0.3) is 0 Å². The number of fused-ring (bicyclic) bond motifs is 1. The molecule has 0 saturated heterocycles. The van der Waals surface area contributed by atoms with Crippen LogP contribution >= 0.6 is 23.2 Å². The van der Waals surface area contributed by atoms with E-state index >= 15 is 0 Å². The van der Waals surface area contributed by atoms with E-state index < -0.39 is 0 Å². The molecule has 0 aromatic heterocycles. The second-order valence-electron chi connectivity index (χ2n) is 5.26. The van der Waals surface area contributed by atoms with Crippen molar-refractivity contribution in [3.63, 3.8) is 0 Å². The molecule has 0 saturated carbocycles. The van der Waals surface area contributed by atoms with Crippen LogP contribution in [0.4, 0.5) is 17.1 Å². The highest BCUT2D eigenvalue weighted by Crippen LogP contribution is 2.44. The van der Waals surface area contributed by atoms with E-state index in [1.807, 2.05) is 42.5 Å². The van der Waals surface area contributed by atoms with Gasteiger partial charge in [-0.15, -0.1) is 0 Å². The van der Waals surface area contributed by atoms with Crippen LogP contribution in [-0.2, 0) is 9.53 Å². The molecule has 0 spiro atoms. The lowest BCUT2D eigenvalue weighted by Gasteiger charge is -2.21. The zero-order valence-corrected chi connectivity index (χ0v) is 14.1. The first-order valence-electron chi connectivity index (χ1n) is 7.26. The number of hydrogen-bond acceptors (Lipinski definition) is 4. The number of halogens is 2. The Labute approximate surface area is 145 Å². The highest BCUT2D eigenvalue weighted by atomic mass is 35.5. The Hall–Kier alpha value is -1.91. The number of para-hydroxylation sites is 1. The summed E-state index contributed by atoms with van der Waals surface area (Å²) >= 11 is 12.4. The summed E-state index contributed by atoms with van der Waals surface area (Å²) in [5.41, 5.74) is 3.05. The van der Waals surface area contributed by atoms with Gasteiger partial charge in [-0.1, -0.05) is 41.4 Å². The first-order valence-corrected chi connectivity index (χ1v) is 8.02. The van der Waals surface area contributed by atoms with Gasteiger partial charge in [-0.05, 0) is 24.3 Å². The molecule has 0 N–H and O–H groups in total. The van der Waals surface area contributed by atoms with Crippen molar-refractivity contribution in [2.24, 2.45) is 0 Å². The molecule has 4 nitrogen and oxygen atoms in total. The van der Waals surface area contributed by atoms with Crippen LogP contribution in [0.1, 0.15) is 6.92 Å². The van der Waals surface area contributed by atoms with Crippen molar-refractivity contribution in [1.29, 1.82) is 0 Å². The molecule has 120 valence electrons. The van der Waals surface area contributed by atoms with Crippen molar-refractivity contribution in [1.82, 2.24) is 0 Å². The van der Waals surface area contributed by atoms with Crippen LogP contribution in [0.5, 0.6) is 0 Å². The van der Waals surface area contributed by atoms with E-state index in [1.54, 1.807) is 0 Å². The highest BCUT2D eigenvalue weighted by Gasteiger charge is 2.28. The summed E-state index contributed by atoms with van der Waals surface area (Å²) < 4.78 is 5.06. The number of esters is 1. The summed E-state index contributed by atoms with van der Waals surface area (Å²) in [6, 6.07) is 13.8. The minimum absolute atomic E-state index is 0.279.